The molecule has 0 saturated heterocycles. The van der Waals surface area contributed by atoms with Gasteiger partial charge in [0, 0.05) is 16.6 Å². The first-order valence-electron chi connectivity index (χ1n) is 8.48. The molecule has 154 valence electrons. The number of sulfonamides is 1. The maximum atomic E-state index is 12.7. The number of aromatic nitrogens is 1. The van der Waals surface area contributed by atoms with Crippen molar-refractivity contribution in [2.45, 2.75) is 44.7 Å². The van der Waals surface area contributed by atoms with Crippen LogP contribution in [0.3, 0.4) is 0 Å². The van der Waals surface area contributed by atoms with Gasteiger partial charge in [0.25, 0.3) is 0 Å². The molecule has 8 nitrogen and oxygen atoms in total. The smallest absolute Gasteiger partial charge is 0.338 e. The number of carbonyl (C=O) groups excluding carboxylic acids is 1. The Bertz CT molecular complexity index is 1020. The van der Waals surface area contributed by atoms with Crippen molar-refractivity contribution in [3.05, 3.63) is 44.5 Å². The first kappa shape index (κ1) is 22.1. The van der Waals surface area contributed by atoms with E-state index in [1.54, 1.807) is 33.1 Å². The Hall–Kier alpha value is -2.17. The first-order valence-corrected chi connectivity index (χ1v) is 10.8. The third-order valence-corrected chi connectivity index (χ3v) is 6.31. The topological polar surface area (TPSA) is 104 Å². The van der Waals surface area contributed by atoms with Gasteiger partial charge in [-0.15, -0.1) is 0 Å². The van der Waals surface area contributed by atoms with Crippen molar-refractivity contribution in [3.8, 4) is 5.75 Å². The van der Waals surface area contributed by atoms with Gasteiger partial charge in [0.05, 0.1) is 19.2 Å². The SMILES string of the molecule is COc1ccc(C(=O)OCCn2c(C)csc2=O)cc1S(=O)(=O)NC(C)(C)C. The summed E-state index contributed by atoms with van der Waals surface area (Å²) in [4.78, 5) is 23.7. The fourth-order valence-electron chi connectivity index (χ4n) is 2.46. The van der Waals surface area contributed by atoms with E-state index in [0.29, 0.717) is 0 Å². The average Bonchev–Trinajstić information content (AvgIpc) is 2.91. The molecule has 2 rings (SSSR count). The number of esters is 1. The number of rotatable bonds is 7. The fraction of sp³-hybridized carbons (Fsp3) is 0.444. The van der Waals surface area contributed by atoms with E-state index in [1.165, 1.54) is 29.9 Å². The number of aryl methyl sites for hydroxylation is 1. The van der Waals surface area contributed by atoms with Gasteiger partial charge < -0.3 is 9.47 Å². The van der Waals surface area contributed by atoms with Crippen molar-refractivity contribution in [3.63, 3.8) is 0 Å². The monoisotopic (exact) mass is 428 g/mol. The van der Waals surface area contributed by atoms with Crippen LogP contribution in [0.4, 0.5) is 0 Å². The van der Waals surface area contributed by atoms with E-state index in [-0.39, 0.29) is 34.2 Å². The average molecular weight is 429 g/mol. The fourth-order valence-corrected chi connectivity index (χ4v) is 4.83. The summed E-state index contributed by atoms with van der Waals surface area (Å²) in [6.45, 7) is 7.15. The quantitative estimate of drug-likeness (QED) is 0.678. The van der Waals surface area contributed by atoms with E-state index in [9.17, 15) is 18.0 Å². The number of thiazole rings is 1. The van der Waals surface area contributed by atoms with Gasteiger partial charge in [-0.2, -0.15) is 0 Å². The molecule has 0 unspecified atom stereocenters. The number of nitrogens with zero attached hydrogens (tertiary/aromatic N) is 1. The van der Waals surface area contributed by atoms with E-state index in [4.69, 9.17) is 9.47 Å². The minimum absolute atomic E-state index is 0.00926. The molecule has 0 radical (unpaired) electrons. The van der Waals surface area contributed by atoms with Crippen molar-refractivity contribution in [2.75, 3.05) is 13.7 Å². The van der Waals surface area contributed by atoms with E-state index in [2.05, 4.69) is 4.72 Å². The predicted molar refractivity (Wildman–Crippen MR) is 107 cm³/mol. The highest BCUT2D eigenvalue weighted by molar-refractivity contribution is 7.89. The zero-order valence-electron chi connectivity index (χ0n) is 16.4. The molecule has 0 aliphatic heterocycles. The number of carbonyl (C=O) groups is 1. The number of hydrogen-bond acceptors (Lipinski definition) is 7. The molecule has 0 atom stereocenters. The summed E-state index contributed by atoms with van der Waals surface area (Å²) in [6.07, 6.45) is 0. The molecule has 0 spiro atoms. The minimum atomic E-state index is -3.91. The Morgan fingerprint density at radius 3 is 2.50 bits per heavy atom. The van der Waals surface area contributed by atoms with Gasteiger partial charge in [-0.25, -0.2) is 17.9 Å². The maximum absolute atomic E-state index is 12.7. The zero-order chi connectivity index (χ0) is 21.1. The molecule has 1 N–H and O–H groups in total. The van der Waals surface area contributed by atoms with Gasteiger partial charge in [0.1, 0.15) is 17.3 Å². The lowest BCUT2D eigenvalue weighted by Crippen LogP contribution is -2.40. The standard InChI is InChI=1S/C18H24N2O6S2/c1-12-11-27-17(22)20(12)8-9-26-16(21)13-6-7-14(25-5)15(10-13)28(23,24)19-18(2,3)4/h6-7,10-11,19H,8-9H2,1-5H3. The summed E-state index contributed by atoms with van der Waals surface area (Å²) in [6, 6.07) is 4.05. The van der Waals surface area contributed by atoms with Crippen molar-refractivity contribution < 1.29 is 22.7 Å². The second kappa shape index (κ2) is 8.46. The van der Waals surface area contributed by atoms with Crippen molar-refractivity contribution in [1.29, 1.82) is 0 Å². The van der Waals surface area contributed by atoms with Crippen molar-refractivity contribution >= 4 is 27.3 Å². The zero-order valence-corrected chi connectivity index (χ0v) is 18.1. The Labute approximate surface area is 168 Å². The number of ether oxygens (including phenoxy) is 2. The molecular weight excluding hydrogens is 404 g/mol. The van der Waals surface area contributed by atoms with Crippen LogP contribution in [-0.4, -0.2) is 38.2 Å². The third-order valence-electron chi connectivity index (χ3n) is 3.65. The van der Waals surface area contributed by atoms with Crippen LogP contribution in [0.2, 0.25) is 0 Å². The minimum Gasteiger partial charge on any atom is -0.495 e. The second-order valence-corrected chi connectivity index (χ2v) is 9.62. The van der Waals surface area contributed by atoms with Gasteiger partial charge in [0.15, 0.2) is 0 Å². The molecule has 1 heterocycles. The number of benzene rings is 1. The summed E-state index contributed by atoms with van der Waals surface area (Å²) in [5.74, 6) is -0.565. The highest BCUT2D eigenvalue weighted by Gasteiger charge is 2.26. The molecule has 10 heteroatoms. The van der Waals surface area contributed by atoms with Crippen LogP contribution in [0.25, 0.3) is 0 Å². The summed E-state index contributed by atoms with van der Waals surface area (Å²) < 4.78 is 39.7. The van der Waals surface area contributed by atoms with Gasteiger partial charge in [0.2, 0.25) is 10.0 Å². The van der Waals surface area contributed by atoms with Crippen molar-refractivity contribution in [2.24, 2.45) is 0 Å². The van der Waals surface area contributed by atoms with Gasteiger partial charge >= 0.3 is 10.8 Å². The Kier molecular flexibility index (Phi) is 6.68. The lowest BCUT2D eigenvalue weighted by molar-refractivity contribution is 0.0489. The maximum Gasteiger partial charge on any atom is 0.338 e. The molecule has 0 aliphatic carbocycles. The van der Waals surface area contributed by atoms with E-state index in [1.807, 2.05) is 0 Å². The van der Waals surface area contributed by atoms with Gasteiger partial charge in [-0.3, -0.25) is 9.36 Å². The van der Waals surface area contributed by atoms with Crippen LogP contribution in [0.1, 0.15) is 36.8 Å². The third kappa shape index (κ3) is 5.43. The molecule has 0 aliphatic rings. The largest absolute Gasteiger partial charge is 0.495 e. The normalized spacial score (nSPS) is 12.0. The molecule has 0 saturated carbocycles. The van der Waals surface area contributed by atoms with Crippen LogP contribution in [-0.2, 0) is 21.3 Å². The van der Waals surface area contributed by atoms with Crippen LogP contribution in [0.5, 0.6) is 5.75 Å². The lowest BCUT2D eigenvalue weighted by Gasteiger charge is -2.21. The summed E-state index contributed by atoms with van der Waals surface area (Å²) in [5.41, 5.74) is 0.160. The van der Waals surface area contributed by atoms with Crippen LogP contribution in [0, 0.1) is 6.92 Å². The molecule has 0 fully saturated rings. The molecule has 0 bridgehead atoms. The molecule has 1 aromatic heterocycles. The lowest BCUT2D eigenvalue weighted by atomic mass is 10.1. The Morgan fingerprint density at radius 2 is 1.96 bits per heavy atom. The van der Waals surface area contributed by atoms with Gasteiger partial charge in [-0.05, 0) is 45.9 Å². The molecule has 0 amide bonds. The Morgan fingerprint density at radius 1 is 1.29 bits per heavy atom. The highest BCUT2D eigenvalue weighted by Crippen LogP contribution is 2.26. The van der Waals surface area contributed by atoms with E-state index >= 15 is 0 Å². The first-order chi connectivity index (χ1) is 12.9. The Balaban J connectivity index is 2.19. The highest BCUT2D eigenvalue weighted by atomic mass is 32.2. The van der Waals surface area contributed by atoms with E-state index < -0.39 is 21.5 Å². The summed E-state index contributed by atoms with van der Waals surface area (Å²) in [7, 11) is -2.56. The second-order valence-electron chi connectivity index (χ2n) is 7.15. The summed E-state index contributed by atoms with van der Waals surface area (Å²) in [5, 5.41) is 1.73. The summed E-state index contributed by atoms with van der Waals surface area (Å²) >= 11 is 1.08. The number of nitrogens with one attached hydrogen (secondary N) is 1. The molecule has 1 aromatic carbocycles. The van der Waals surface area contributed by atoms with Crippen LogP contribution in [0.15, 0.2) is 33.3 Å². The number of methoxy groups -OCH3 is 1. The predicted octanol–water partition coefficient (Wildman–Crippen LogP) is 2.16. The van der Waals surface area contributed by atoms with Gasteiger partial charge in [-0.1, -0.05) is 11.3 Å². The van der Waals surface area contributed by atoms with Crippen LogP contribution >= 0.6 is 11.3 Å². The number of hydrogen-bond donors (Lipinski definition) is 1. The molecule has 2 aromatic rings. The van der Waals surface area contributed by atoms with Crippen molar-refractivity contribution in [1.82, 2.24) is 9.29 Å². The molecular formula is C18H24N2O6S2. The van der Waals surface area contributed by atoms with E-state index in [0.717, 1.165) is 17.0 Å². The molecule has 28 heavy (non-hydrogen) atoms. The van der Waals surface area contributed by atoms with Crippen LogP contribution < -0.4 is 14.3 Å².